The van der Waals surface area contributed by atoms with Crippen LogP contribution in [-0.2, 0) is 10.1 Å². The van der Waals surface area contributed by atoms with Crippen LogP contribution in [0.25, 0.3) is 0 Å². The van der Waals surface area contributed by atoms with Crippen molar-refractivity contribution in [2.75, 3.05) is 0 Å². The smallest absolute Gasteiger partial charge is 0.339 e. The zero-order valence-electron chi connectivity index (χ0n) is 14.3. The van der Waals surface area contributed by atoms with Gasteiger partial charge in [0.05, 0.1) is 10.2 Å². The molecule has 0 saturated heterocycles. The van der Waals surface area contributed by atoms with Gasteiger partial charge in [-0.15, -0.1) is 0 Å². The second-order valence-electron chi connectivity index (χ2n) is 5.73. The van der Waals surface area contributed by atoms with Crippen LogP contribution in [0.4, 0.5) is 5.69 Å². The SMILES string of the molecule is Cc1ccc(N=Cc2ccc(OS(=O)(=O)c3ccccc3)c(Br)c2)cc1Cl. The minimum Gasteiger partial charge on any atom is -0.378 e. The van der Waals surface area contributed by atoms with Crippen LogP contribution in [0.1, 0.15) is 11.1 Å². The van der Waals surface area contributed by atoms with Crippen LogP contribution in [0.2, 0.25) is 5.02 Å². The van der Waals surface area contributed by atoms with Gasteiger partial charge in [-0.1, -0.05) is 35.9 Å². The monoisotopic (exact) mass is 463 g/mol. The Morgan fingerprint density at radius 1 is 1.04 bits per heavy atom. The van der Waals surface area contributed by atoms with E-state index >= 15 is 0 Å². The Bertz CT molecular complexity index is 1100. The minimum absolute atomic E-state index is 0.0961. The van der Waals surface area contributed by atoms with Crippen LogP contribution in [0, 0.1) is 6.92 Å². The molecule has 0 aliphatic carbocycles. The molecule has 0 aromatic heterocycles. The maximum atomic E-state index is 12.3. The van der Waals surface area contributed by atoms with Gasteiger partial charge >= 0.3 is 10.1 Å². The zero-order chi connectivity index (χ0) is 19.4. The van der Waals surface area contributed by atoms with Gasteiger partial charge < -0.3 is 4.18 Å². The van der Waals surface area contributed by atoms with E-state index in [1.54, 1.807) is 48.7 Å². The van der Waals surface area contributed by atoms with Gasteiger partial charge in [-0.3, -0.25) is 4.99 Å². The van der Waals surface area contributed by atoms with Crippen molar-refractivity contribution in [2.24, 2.45) is 4.99 Å². The van der Waals surface area contributed by atoms with E-state index in [1.165, 1.54) is 12.1 Å². The second-order valence-corrected chi connectivity index (χ2v) is 8.54. The third-order valence-electron chi connectivity index (χ3n) is 3.71. The fourth-order valence-electron chi connectivity index (χ4n) is 2.23. The number of aliphatic imine (C=N–C) groups is 1. The summed E-state index contributed by atoms with van der Waals surface area (Å²) >= 11 is 9.45. The van der Waals surface area contributed by atoms with Crippen molar-refractivity contribution in [2.45, 2.75) is 11.8 Å². The van der Waals surface area contributed by atoms with E-state index in [9.17, 15) is 8.42 Å². The van der Waals surface area contributed by atoms with Crippen LogP contribution in [0.15, 0.2) is 81.1 Å². The van der Waals surface area contributed by atoms with E-state index in [-0.39, 0.29) is 10.6 Å². The van der Waals surface area contributed by atoms with Crippen molar-refractivity contribution < 1.29 is 12.6 Å². The molecule has 0 heterocycles. The molecule has 0 atom stereocenters. The molecular formula is C20H15BrClNO3S. The Hall–Kier alpha value is -2.15. The summed E-state index contributed by atoms with van der Waals surface area (Å²) in [5.41, 5.74) is 2.50. The average Bonchev–Trinajstić information content (AvgIpc) is 2.65. The fraction of sp³-hybridized carbons (Fsp3) is 0.0500. The van der Waals surface area contributed by atoms with Gasteiger partial charge in [0.25, 0.3) is 0 Å². The highest BCUT2D eigenvalue weighted by Gasteiger charge is 2.17. The summed E-state index contributed by atoms with van der Waals surface area (Å²) in [6, 6.07) is 18.6. The number of halogens is 2. The molecule has 4 nitrogen and oxygen atoms in total. The summed E-state index contributed by atoms with van der Waals surface area (Å²) in [4.78, 5) is 4.48. The van der Waals surface area contributed by atoms with Gasteiger partial charge in [-0.05, 0) is 76.4 Å². The lowest BCUT2D eigenvalue weighted by molar-refractivity contribution is 0.484. The Morgan fingerprint density at radius 3 is 2.44 bits per heavy atom. The van der Waals surface area contributed by atoms with Crippen LogP contribution in [0.3, 0.4) is 0 Å². The van der Waals surface area contributed by atoms with E-state index in [0.717, 1.165) is 16.8 Å². The van der Waals surface area contributed by atoms with Crippen molar-refractivity contribution in [1.82, 2.24) is 0 Å². The number of hydrogen-bond donors (Lipinski definition) is 0. The lowest BCUT2D eigenvalue weighted by Crippen LogP contribution is -2.09. The van der Waals surface area contributed by atoms with Crippen molar-refractivity contribution in [1.29, 1.82) is 0 Å². The molecule has 138 valence electrons. The molecule has 0 radical (unpaired) electrons. The molecule has 0 unspecified atom stereocenters. The average molecular weight is 465 g/mol. The maximum Gasteiger partial charge on any atom is 0.339 e. The summed E-state index contributed by atoms with van der Waals surface area (Å²) in [5.74, 6) is 0.203. The van der Waals surface area contributed by atoms with Crippen molar-refractivity contribution >= 4 is 49.6 Å². The van der Waals surface area contributed by atoms with E-state index in [4.69, 9.17) is 15.8 Å². The molecular weight excluding hydrogens is 450 g/mol. The Balaban J connectivity index is 1.79. The van der Waals surface area contributed by atoms with Gasteiger partial charge in [-0.2, -0.15) is 8.42 Å². The van der Waals surface area contributed by atoms with Crippen molar-refractivity contribution in [3.63, 3.8) is 0 Å². The van der Waals surface area contributed by atoms with Gasteiger partial charge in [-0.25, -0.2) is 0 Å². The molecule has 0 aliphatic rings. The molecule has 7 heteroatoms. The Morgan fingerprint density at radius 2 is 1.78 bits per heavy atom. The van der Waals surface area contributed by atoms with E-state index < -0.39 is 10.1 Å². The van der Waals surface area contributed by atoms with E-state index in [2.05, 4.69) is 20.9 Å². The van der Waals surface area contributed by atoms with Gasteiger partial charge in [0.1, 0.15) is 4.90 Å². The second kappa shape index (κ2) is 8.25. The third kappa shape index (κ3) is 4.97. The first-order valence-electron chi connectivity index (χ1n) is 7.94. The first-order chi connectivity index (χ1) is 12.8. The van der Waals surface area contributed by atoms with Crippen LogP contribution < -0.4 is 4.18 Å². The maximum absolute atomic E-state index is 12.3. The van der Waals surface area contributed by atoms with Gasteiger partial charge in [0.15, 0.2) is 5.75 Å². The number of hydrogen-bond acceptors (Lipinski definition) is 4. The molecule has 0 aliphatic heterocycles. The summed E-state index contributed by atoms with van der Waals surface area (Å²) in [6.45, 7) is 1.93. The number of benzene rings is 3. The quantitative estimate of drug-likeness (QED) is 0.347. The molecule has 3 aromatic carbocycles. The Labute approximate surface area is 171 Å². The van der Waals surface area contributed by atoms with Crippen LogP contribution >= 0.6 is 27.5 Å². The van der Waals surface area contributed by atoms with Crippen molar-refractivity contribution in [3.05, 3.63) is 87.4 Å². The third-order valence-corrected chi connectivity index (χ3v) is 5.98. The first-order valence-corrected chi connectivity index (χ1v) is 10.5. The largest absolute Gasteiger partial charge is 0.378 e. The molecule has 0 N–H and O–H groups in total. The molecule has 3 aromatic rings. The standard InChI is InChI=1S/C20H15BrClNO3S/c1-14-7-9-16(12-19(14)22)23-13-15-8-10-20(18(21)11-15)26-27(24,25)17-5-3-2-4-6-17/h2-13H,1H3. The fourth-order valence-corrected chi connectivity index (χ4v) is 3.96. The Kier molecular flexibility index (Phi) is 5.99. The van der Waals surface area contributed by atoms with E-state index in [0.29, 0.717) is 9.50 Å². The molecule has 0 spiro atoms. The van der Waals surface area contributed by atoms with Crippen molar-refractivity contribution in [3.8, 4) is 5.75 Å². The first kappa shape index (κ1) is 19.6. The van der Waals surface area contributed by atoms with E-state index in [1.807, 2.05) is 19.1 Å². The highest BCUT2D eigenvalue weighted by Crippen LogP contribution is 2.29. The molecule has 0 saturated carbocycles. The highest BCUT2D eigenvalue weighted by atomic mass is 79.9. The number of nitrogens with zero attached hydrogens (tertiary/aromatic N) is 1. The van der Waals surface area contributed by atoms with Crippen LogP contribution in [0.5, 0.6) is 5.75 Å². The normalized spacial score (nSPS) is 11.7. The molecule has 27 heavy (non-hydrogen) atoms. The molecule has 0 bridgehead atoms. The number of rotatable bonds is 5. The summed E-state index contributed by atoms with van der Waals surface area (Å²) < 4.78 is 30.4. The highest BCUT2D eigenvalue weighted by molar-refractivity contribution is 9.10. The lowest BCUT2D eigenvalue weighted by atomic mass is 10.2. The predicted octanol–water partition coefficient (Wildman–Crippen LogP) is 5.93. The van der Waals surface area contributed by atoms with Gasteiger partial charge in [0.2, 0.25) is 0 Å². The van der Waals surface area contributed by atoms with Gasteiger partial charge in [0, 0.05) is 11.2 Å². The van der Waals surface area contributed by atoms with Crippen LogP contribution in [-0.4, -0.2) is 14.6 Å². The number of aryl methyl sites for hydroxylation is 1. The summed E-state index contributed by atoms with van der Waals surface area (Å²) in [6.07, 6.45) is 1.67. The molecule has 0 fully saturated rings. The molecule has 0 amide bonds. The minimum atomic E-state index is -3.89. The predicted molar refractivity (Wildman–Crippen MR) is 112 cm³/mol. The summed E-state index contributed by atoms with van der Waals surface area (Å²) in [5, 5.41) is 0.653. The zero-order valence-corrected chi connectivity index (χ0v) is 17.4. The summed E-state index contributed by atoms with van der Waals surface area (Å²) in [7, 11) is -3.89. The lowest BCUT2D eigenvalue weighted by Gasteiger charge is -2.09. The topological polar surface area (TPSA) is 55.7 Å². The molecule has 3 rings (SSSR count).